The van der Waals surface area contributed by atoms with Crippen molar-refractivity contribution in [2.45, 2.75) is 43.4 Å². The molecule has 0 amide bonds. The lowest BCUT2D eigenvalue weighted by molar-refractivity contribution is 0.489. The van der Waals surface area contributed by atoms with Crippen LogP contribution in [0.5, 0.6) is 0 Å². The summed E-state index contributed by atoms with van der Waals surface area (Å²) in [6.07, 6.45) is 4.14. The Morgan fingerprint density at radius 1 is 1.26 bits per heavy atom. The SMILES string of the molecule is CC(CNC1CCCC1S(C)(=O)=O)c1ccccc1. The summed E-state index contributed by atoms with van der Waals surface area (Å²) in [6, 6.07) is 10.5. The van der Waals surface area contributed by atoms with Gasteiger partial charge in [0.25, 0.3) is 0 Å². The first-order valence-corrected chi connectivity index (χ1v) is 8.91. The van der Waals surface area contributed by atoms with Gasteiger partial charge in [0.15, 0.2) is 9.84 Å². The minimum absolute atomic E-state index is 0.126. The van der Waals surface area contributed by atoms with Crippen LogP contribution in [0.2, 0.25) is 0 Å². The molecule has 1 N–H and O–H groups in total. The van der Waals surface area contributed by atoms with E-state index in [0.717, 1.165) is 25.8 Å². The second kappa shape index (κ2) is 6.06. The summed E-state index contributed by atoms with van der Waals surface area (Å²) in [4.78, 5) is 0. The molecule has 106 valence electrons. The number of hydrogen-bond acceptors (Lipinski definition) is 3. The Bertz CT molecular complexity index is 498. The molecule has 1 aliphatic rings. The van der Waals surface area contributed by atoms with Gasteiger partial charge in [-0.2, -0.15) is 0 Å². The smallest absolute Gasteiger partial charge is 0.151 e. The predicted octanol–water partition coefficient (Wildman–Crippen LogP) is 2.35. The van der Waals surface area contributed by atoms with Crippen molar-refractivity contribution in [1.82, 2.24) is 5.32 Å². The largest absolute Gasteiger partial charge is 0.312 e. The Kier molecular flexibility index (Phi) is 4.63. The van der Waals surface area contributed by atoms with Gasteiger partial charge in [0, 0.05) is 18.8 Å². The van der Waals surface area contributed by atoms with Crippen molar-refractivity contribution < 1.29 is 8.42 Å². The van der Waals surface area contributed by atoms with Crippen LogP contribution in [0, 0.1) is 0 Å². The molecular formula is C15H23NO2S. The quantitative estimate of drug-likeness (QED) is 0.901. The average Bonchev–Trinajstić information content (AvgIpc) is 2.85. The predicted molar refractivity (Wildman–Crippen MR) is 79.1 cm³/mol. The molecule has 1 aliphatic carbocycles. The Labute approximate surface area is 116 Å². The summed E-state index contributed by atoms with van der Waals surface area (Å²) < 4.78 is 23.4. The van der Waals surface area contributed by atoms with Crippen LogP contribution in [0.25, 0.3) is 0 Å². The summed E-state index contributed by atoms with van der Waals surface area (Å²) in [5.41, 5.74) is 1.30. The van der Waals surface area contributed by atoms with E-state index < -0.39 is 9.84 Å². The monoisotopic (exact) mass is 281 g/mol. The summed E-state index contributed by atoms with van der Waals surface area (Å²) in [6.45, 7) is 3.01. The second-order valence-corrected chi connectivity index (χ2v) is 7.89. The summed E-state index contributed by atoms with van der Waals surface area (Å²) in [5.74, 6) is 0.405. The standard InChI is InChI=1S/C15H23NO2S/c1-12(13-7-4-3-5-8-13)11-16-14-9-6-10-15(14)19(2,17)18/h3-5,7-8,12,14-16H,6,9-11H2,1-2H3. The minimum atomic E-state index is -2.93. The first-order chi connectivity index (χ1) is 8.98. The molecule has 0 spiro atoms. The van der Waals surface area contributed by atoms with Crippen LogP contribution in [0.15, 0.2) is 30.3 Å². The molecule has 4 heteroatoms. The molecule has 0 aliphatic heterocycles. The van der Waals surface area contributed by atoms with Crippen LogP contribution in [-0.2, 0) is 9.84 Å². The number of hydrogen-bond donors (Lipinski definition) is 1. The second-order valence-electron chi connectivity index (χ2n) is 5.63. The topological polar surface area (TPSA) is 46.2 Å². The molecule has 0 heterocycles. The fourth-order valence-corrected chi connectivity index (χ4v) is 4.32. The van der Waals surface area contributed by atoms with Gasteiger partial charge in [0.2, 0.25) is 0 Å². The third-order valence-electron chi connectivity index (χ3n) is 4.06. The third-order valence-corrected chi connectivity index (χ3v) is 5.72. The van der Waals surface area contributed by atoms with Gasteiger partial charge >= 0.3 is 0 Å². The zero-order valence-corrected chi connectivity index (χ0v) is 12.5. The number of sulfone groups is 1. The molecule has 3 atom stereocenters. The van der Waals surface area contributed by atoms with E-state index in [4.69, 9.17) is 0 Å². The highest BCUT2D eigenvalue weighted by Crippen LogP contribution is 2.25. The van der Waals surface area contributed by atoms with E-state index in [9.17, 15) is 8.42 Å². The zero-order valence-electron chi connectivity index (χ0n) is 11.7. The molecule has 3 unspecified atom stereocenters. The molecule has 1 saturated carbocycles. The molecule has 0 aromatic heterocycles. The molecule has 0 bridgehead atoms. The first-order valence-electron chi connectivity index (χ1n) is 6.95. The van der Waals surface area contributed by atoms with Gasteiger partial charge in [-0.15, -0.1) is 0 Å². The van der Waals surface area contributed by atoms with Crippen molar-refractivity contribution in [3.8, 4) is 0 Å². The van der Waals surface area contributed by atoms with E-state index in [0.29, 0.717) is 5.92 Å². The third kappa shape index (κ3) is 3.80. The zero-order chi connectivity index (χ0) is 13.9. The van der Waals surface area contributed by atoms with E-state index in [2.05, 4.69) is 24.4 Å². The fraction of sp³-hybridized carbons (Fsp3) is 0.600. The minimum Gasteiger partial charge on any atom is -0.312 e. The number of nitrogens with one attached hydrogen (secondary N) is 1. The number of rotatable bonds is 5. The van der Waals surface area contributed by atoms with Gasteiger partial charge in [-0.25, -0.2) is 8.42 Å². The van der Waals surface area contributed by atoms with Crippen LogP contribution in [-0.4, -0.2) is 32.5 Å². The van der Waals surface area contributed by atoms with E-state index >= 15 is 0 Å². The van der Waals surface area contributed by atoms with Crippen molar-refractivity contribution in [1.29, 1.82) is 0 Å². The average molecular weight is 281 g/mol. The van der Waals surface area contributed by atoms with Crippen LogP contribution >= 0.6 is 0 Å². The van der Waals surface area contributed by atoms with Gasteiger partial charge < -0.3 is 5.32 Å². The molecule has 1 fully saturated rings. The van der Waals surface area contributed by atoms with Crippen molar-refractivity contribution in [2.24, 2.45) is 0 Å². The summed E-state index contributed by atoms with van der Waals surface area (Å²) in [7, 11) is -2.93. The van der Waals surface area contributed by atoms with Gasteiger partial charge in [0.1, 0.15) is 0 Å². The maximum absolute atomic E-state index is 11.7. The highest BCUT2D eigenvalue weighted by Gasteiger charge is 2.34. The molecular weight excluding hydrogens is 258 g/mol. The van der Waals surface area contributed by atoms with Crippen LogP contribution in [0.3, 0.4) is 0 Å². The van der Waals surface area contributed by atoms with E-state index in [1.54, 1.807) is 0 Å². The van der Waals surface area contributed by atoms with Gasteiger partial charge in [-0.3, -0.25) is 0 Å². The van der Waals surface area contributed by atoms with Crippen molar-refractivity contribution in [3.63, 3.8) is 0 Å². The van der Waals surface area contributed by atoms with E-state index in [1.165, 1.54) is 11.8 Å². The van der Waals surface area contributed by atoms with Crippen molar-refractivity contribution in [2.75, 3.05) is 12.8 Å². The van der Waals surface area contributed by atoms with Gasteiger partial charge in [-0.05, 0) is 24.3 Å². The maximum atomic E-state index is 11.7. The number of benzene rings is 1. The summed E-state index contributed by atoms with van der Waals surface area (Å²) in [5, 5.41) is 3.26. The van der Waals surface area contributed by atoms with E-state index in [-0.39, 0.29) is 11.3 Å². The molecule has 1 aromatic rings. The Balaban J connectivity index is 1.92. The van der Waals surface area contributed by atoms with Crippen LogP contribution < -0.4 is 5.32 Å². The molecule has 0 radical (unpaired) electrons. The van der Waals surface area contributed by atoms with Crippen molar-refractivity contribution in [3.05, 3.63) is 35.9 Å². The Morgan fingerprint density at radius 3 is 2.58 bits per heavy atom. The highest BCUT2D eigenvalue weighted by atomic mass is 32.2. The lowest BCUT2D eigenvalue weighted by Gasteiger charge is -2.22. The van der Waals surface area contributed by atoms with Gasteiger partial charge in [0.05, 0.1) is 5.25 Å². The lowest BCUT2D eigenvalue weighted by atomic mass is 10.0. The van der Waals surface area contributed by atoms with E-state index in [1.807, 2.05) is 18.2 Å². The maximum Gasteiger partial charge on any atom is 0.151 e. The van der Waals surface area contributed by atoms with Crippen molar-refractivity contribution >= 4 is 9.84 Å². The molecule has 0 saturated heterocycles. The fourth-order valence-electron chi connectivity index (χ4n) is 2.90. The Morgan fingerprint density at radius 2 is 1.95 bits per heavy atom. The summed E-state index contributed by atoms with van der Waals surface area (Å²) >= 11 is 0. The molecule has 2 rings (SSSR count). The normalized spacial score (nSPS) is 25.4. The van der Waals surface area contributed by atoms with Crippen LogP contribution in [0.4, 0.5) is 0 Å². The molecule has 19 heavy (non-hydrogen) atoms. The lowest BCUT2D eigenvalue weighted by Crippen LogP contribution is -2.41. The first kappa shape index (κ1) is 14.5. The Hall–Kier alpha value is -0.870. The van der Waals surface area contributed by atoms with Gasteiger partial charge in [-0.1, -0.05) is 43.7 Å². The molecule has 1 aromatic carbocycles. The molecule has 3 nitrogen and oxygen atoms in total. The van der Waals surface area contributed by atoms with Crippen LogP contribution in [0.1, 0.15) is 37.7 Å². The highest BCUT2D eigenvalue weighted by molar-refractivity contribution is 7.91.